The Bertz CT molecular complexity index is 739. The summed E-state index contributed by atoms with van der Waals surface area (Å²) in [5.41, 5.74) is 2.22. The van der Waals surface area contributed by atoms with Gasteiger partial charge < -0.3 is 20.1 Å². The van der Waals surface area contributed by atoms with Crippen LogP contribution in [-0.2, 0) is 13.0 Å². The molecule has 0 unspecified atom stereocenters. The first kappa shape index (κ1) is 21.0. The van der Waals surface area contributed by atoms with Crippen LogP contribution in [0.5, 0.6) is 11.5 Å². The molecule has 0 spiro atoms. The van der Waals surface area contributed by atoms with Gasteiger partial charge in [-0.15, -0.1) is 11.3 Å². The van der Waals surface area contributed by atoms with Crippen LogP contribution >= 0.6 is 11.3 Å². The molecule has 0 aliphatic rings. The molecule has 1 heterocycles. The molecular weight excluding hydrogens is 360 g/mol. The number of nitrogens with one attached hydrogen (secondary N) is 2. The Morgan fingerprint density at radius 3 is 2.67 bits per heavy atom. The molecule has 2 aromatic rings. The number of aliphatic imine (C=N–C) groups is 1. The zero-order valence-electron chi connectivity index (χ0n) is 16.9. The molecular formula is C20H30N4O2S. The van der Waals surface area contributed by atoms with Crippen molar-refractivity contribution in [1.82, 2.24) is 15.6 Å². The summed E-state index contributed by atoms with van der Waals surface area (Å²) < 4.78 is 11.1. The Morgan fingerprint density at radius 1 is 1.22 bits per heavy atom. The van der Waals surface area contributed by atoms with Crippen molar-refractivity contribution < 1.29 is 9.47 Å². The molecule has 0 bridgehead atoms. The van der Waals surface area contributed by atoms with E-state index in [2.05, 4.69) is 41.4 Å². The zero-order chi connectivity index (χ0) is 19.6. The molecule has 7 heteroatoms. The quantitative estimate of drug-likeness (QED) is 0.507. The first-order chi connectivity index (χ1) is 13.1. The molecule has 0 saturated carbocycles. The average Bonchev–Trinajstić information content (AvgIpc) is 3.00. The van der Waals surface area contributed by atoms with Crippen LogP contribution in [0.15, 0.2) is 23.2 Å². The first-order valence-electron chi connectivity index (χ1n) is 9.24. The van der Waals surface area contributed by atoms with E-state index in [0.29, 0.717) is 13.2 Å². The number of aryl methyl sites for hydroxylation is 2. The number of nitrogens with zero attached hydrogens (tertiary/aromatic N) is 2. The normalized spacial score (nSPS) is 11.4. The van der Waals surface area contributed by atoms with E-state index in [0.717, 1.165) is 53.1 Å². The molecule has 1 aromatic carbocycles. The Hall–Kier alpha value is -2.28. The van der Waals surface area contributed by atoms with Gasteiger partial charge in [-0.2, -0.15) is 0 Å². The van der Waals surface area contributed by atoms with E-state index >= 15 is 0 Å². The van der Waals surface area contributed by atoms with Crippen molar-refractivity contribution >= 4 is 17.3 Å². The molecule has 1 aromatic heterocycles. The number of hydrogen-bond acceptors (Lipinski definition) is 5. The first-order valence-corrected chi connectivity index (χ1v) is 10.1. The summed E-state index contributed by atoms with van der Waals surface area (Å²) in [6.45, 7) is 8.37. The van der Waals surface area contributed by atoms with Crippen LogP contribution in [0.4, 0.5) is 0 Å². The summed E-state index contributed by atoms with van der Waals surface area (Å²) in [7, 11) is 3.43. The van der Waals surface area contributed by atoms with Crippen molar-refractivity contribution in [2.45, 2.75) is 40.2 Å². The lowest BCUT2D eigenvalue weighted by atomic mass is 10.2. The monoisotopic (exact) mass is 390 g/mol. The molecule has 0 saturated heterocycles. The lowest BCUT2D eigenvalue weighted by Gasteiger charge is -2.14. The summed E-state index contributed by atoms with van der Waals surface area (Å²) in [6.07, 6.45) is 1.85. The third-order valence-electron chi connectivity index (χ3n) is 4.08. The van der Waals surface area contributed by atoms with Gasteiger partial charge in [0.15, 0.2) is 17.5 Å². The third kappa shape index (κ3) is 6.43. The number of guanidine groups is 1. The van der Waals surface area contributed by atoms with E-state index in [9.17, 15) is 0 Å². The minimum absolute atomic E-state index is 0.652. The van der Waals surface area contributed by atoms with Gasteiger partial charge in [-0.3, -0.25) is 4.99 Å². The highest BCUT2D eigenvalue weighted by Gasteiger charge is 2.07. The fourth-order valence-corrected chi connectivity index (χ4v) is 3.43. The highest BCUT2D eigenvalue weighted by Crippen LogP contribution is 2.28. The lowest BCUT2D eigenvalue weighted by molar-refractivity contribution is 0.294. The predicted molar refractivity (Wildman–Crippen MR) is 112 cm³/mol. The van der Waals surface area contributed by atoms with Crippen molar-refractivity contribution in [1.29, 1.82) is 0 Å². The molecule has 0 amide bonds. The zero-order valence-corrected chi connectivity index (χ0v) is 17.7. The highest BCUT2D eigenvalue weighted by molar-refractivity contribution is 7.11. The Labute approximate surface area is 166 Å². The maximum Gasteiger partial charge on any atom is 0.191 e. The number of thiazole rings is 1. The smallest absolute Gasteiger partial charge is 0.191 e. The van der Waals surface area contributed by atoms with Gasteiger partial charge in [0.25, 0.3) is 0 Å². The molecule has 6 nitrogen and oxygen atoms in total. The SMILES string of the molecule is CCCOc1ccc(CNC(=NC)NCCc2nc(C)c(C)s2)cc1OC. The summed E-state index contributed by atoms with van der Waals surface area (Å²) in [4.78, 5) is 10.1. The number of rotatable bonds is 9. The van der Waals surface area contributed by atoms with Crippen molar-refractivity contribution in [2.75, 3.05) is 27.3 Å². The van der Waals surface area contributed by atoms with E-state index < -0.39 is 0 Å². The van der Waals surface area contributed by atoms with Crippen molar-refractivity contribution in [3.8, 4) is 11.5 Å². The minimum Gasteiger partial charge on any atom is -0.493 e. The van der Waals surface area contributed by atoms with Crippen molar-refractivity contribution in [2.24, 2.45) is 4.99 Å². The van der Waals surface area contributed by atoms with E-state index in [1.807, 2.05) is 18.2 Å². The molecule has 2 rings (SSSR count). The standard InChI is InChI=1S/C20H30N4O2S/c1-6-11-26-17-8-7-16(12-18(17)25-5)13-23-20(21-4)22-10-9-19-24-14(2)15(3)27-19/h7-8,12H,6,9-11,13H2,1-5H3,(H2,21,22,23). The fraction of sp³-hybridized carbons (Fsp3) is 0.500. The van der Waals surface area contributed by atoms with Crippen LogP contribution in [0.3, 0.4) is 0 Å². The van der Waals surface area contributed by atoms with Gasteiger partial charge in [0.05, 0.1) is 24.4 Å². The van der Waals surface area contributed by atoms with Gasteiger partial charge in [0.1, 0.15) is 0 Å². The lowest BCUT2D eigenvalue weighted by Crippen LogP contribution is -2.37. The summed E-state index contributed by atoms with van der Waals surface area (Å²) in [5, 5.41) is 7.82. The van der Waals surface area contributed by atoms with Crippen LogP contribution in [0.2, 0.25) is 0 Å². The molecule has 27 heavy (non-hydrogen) atoms. The van der Waals surface area contributed by atoms with Crippen LogP contribution in [0, 0.1) is 13.8 Å². The minimum atomic E-state index is 0.652. The Balaban J connectivity index is 1.84. The van der Waals surface area contributed by atoms with Gasteiger partial charge in [-0.25, -0.2) is 4.98 Å². The molecule has 148 valence electrons. The highest BCUT2D eigenvalue weighted by atomic mass is 32.1. The number of ether oxygens (including phenoxy) is 2. The largest absolute Gasteiger partial charge is 0.493 e. The van der Waals surface area contributed by atoms with Gasteiger partial charge in [-0.05, 0) is 38.0 Å². The molecule has 2 N–H and O–H groups in total. The van der Waals surface area contributed by atoms with E-state index in [1.165, 1.54) is 4.88 Å². The maximum absolute atomic E-state index is 5.70. The number of hydrogen-bond donors (Lipinski definition) is 2. The number of aromatic nitrogens is 1. The maximum atomic E-state index is 5.70. The predicted octanol–water partition coefficient (Wildman–Crippen LogP) is 3.47. The summed E-state index contributed by atoms with van der Waals surface area (Å²) in [5.74, 6) is 2.30. The Kier molecular flexibility index (Phi) is 8.39. The van der Waals surface area contributed by atoms with Crippen molar-refractivity contribution in [3.05, 3.63) is 39.3 Å². The van der Waals surface area contributed by atoms with E-state index in [-0.39, 0.29) is 0 Å². The second-order valence-electron chi connectivity index (χ2n) is 6.19. The summed E-state index contributed by atoms with van der Waals surface area (Å²) in [6, 6.07) is 5.98. The van der Waals surface area contributed by atoms with E-state index in [4.69, 9.17) is 9.47 Å². The van der Waals surface area contributed by atoms with Gasteiger partial charge in [-0.1, -0.05) is 13.0 Å². The van der Waals surface area contributed by atoms with Crippen LogP contribution in [0.25, 0.3) is 0 Å². The van der Waals surface area contributed by atoms with Crippen LogP contribution in [0.1, 0.15) is 34.5 Å². The van der Waals surface area contributed by atoms with Crippen molar-refractivity contribution in [3.63, 3.8) is 0 Å². The topological polar surface area (TPSA) is 67.8 Å². The Morgan fingerprint density at radius 2 is 2.04 bits per heavy atom. The summed E-state index contributed by atoms with van der Waals surface area (Å²) >= 11 is 1.76. The van der Waals surface area contributed by atoms with E-state index in [1.54, 1.807) is 25.5 Å². The molecule has 0 radical (unpaired) electrons. The molecule has 0 aliphatic heterocycles. The van der Waals surface area contributed by atoms with Crippen LogP contribution < -0.4 is 20.1 Å². The van der Waals surface area contributed by atoms with Gasteiger partial charge in [0.2, 0.25) is 0 Å². The third-order valence-corrected chi connectivity index (χ3v) is 5.21. The van der Waals surface area contributed by atoms with Gasteiger partial charge in [0, 0.05) is 31.4 Å². The fourth-order valence-electron chi connectivity index (χ4n) is 2.49. The molecule has 0 atom stereocenters. The average molecular weight is 391 g/mol. The molecule has 0 fully saturated rings. The second kappa shape index (κ2) is 10.8. The van der Waals surface area contributed by atoms with Gasteiger partial charge >= 0.3 is 0 Å². The number of benzene rings is 1. The second-order valence-corrected chi connectivity index (χ2v) is 7.47. The van der Waals surface area contributed by atoms with Crippen LogP contribution in [-0.4, -0.2) is 38.3 Å². The number of methoxy groups -OCH3 is 1. The molecule has 0 aliphatic carbocycles.